The zero-order chi connectivity index (χ0) is 21.3. The van der Waals surface area contributed by atoms with Gasteiger partial charge in [0.2, 0.25) is 6.33 Å². The molecule has 0 spiro atoms. The number of aromatic nitrogens is 2. The molecule has 0 saturated carbocycles. The molecule has 0 unspecified atom stereocenters. The second kappa shape index (κ2) is 16.2. The van der Waals surface area contributed by atoms with Crippen molar-refractivity contribution in [1.82, 2.24) is 4.57 Å². The van der Waals surface area contributed by atoms with Crippen molar-refractivity contribution in [2.45, 2.75) is 117 Å². The van der Waals surface area contributed by atoms with E-state index in [1.807, 2.05) is 0 Å². The van der Waals surface area contributed by atoms with Gasteiger partial charge in [-0.05, 0) is 24.3 Å². The van der Waals surface area contributed by atoms with Crippen LogP contribution in [0, 0.1) is 5.92 Å². The van der Waals surface area contributed by atoms with Crippen LogP contribution in [0.2, 0.25) is 0 Å². The van der Waals surface area contributed by atoms with Crippen LogP contribution in [-0.2, 0) is 13.1 Å². The van der Waals surface area contributed by atoms with Gasteiger partial charge >= 0.3 is 0 Å². The van der Waals surface area contributed by atoms with E-state index in [2.05, 4.69) is 72.0 Å². The molecule has 0 atom stereocenters. The number of hydrogen-bond acceptors (Lipinski definition) is 0. The standard InChI is InChI=1S/C28H47N2/c1-27(2)19-15-12-10-8-6-4-3-5-7-9-11-13-18-22-29-23-24-30(26-29)25-28-20-16-14-17-21-28/h14,16-17,20-21,23-24,26-27H,3-13,15,18-19,22,25H2,1-2H3/q+1. The number of benzene rings is 1. The Hall–Kier alpha value is -1.57. The number of hydrogen-bond donors (Lipinski definition) is 0. The summed E-state index contributed by atoms with van der Waals surface area (Å²) in [6.45, 7) is 6.79. The van der Waals surface area contributed by atoms with E-state index in [1.54, 1.807) is 0 Å². The lowest BCUT2D eigenvalue weighted by molar-refractivity contribution is -0.687. The second-order valence-electron chi connectivity index (χ2n) is 9.59. The van der Waals surface area contributed by atoms with E-state index in [9.17, 15) is 0 Å². The Morgan fingerprint density at radius 1 is 0.700 bits per heavy atom. The normalized spacial score (nSPS) is 11.4. The summed E-state index contributed by atoms with van der Waals surface area (Å²) >= 11 is 0. The molecule has 1 aromatic carbocycles. The third-order valence-electron chi connectivity index (χ3n) is 6.15. The van der Waals surface area contributed by atoms with Crippen LogP contribution >= 0.6 is 0 Å². The van der Waals surface area contributed by atoms with E-state index in [0.717, 1.165) is 19.0 Å². The van der Waals surface area contributed by atoms with Crippen LogP contribution in [-0.4, -0.2) is 4.57 Å². The second-order valence-corrected chi connectivity index (χ2v) is 9.59. The number of imidazole rings is 1. The van der Waals surface area contributed by atoms with Crippen molar-refractivity contribution in [2.75, 3.05) is 0 Å². The summed E-state index contributed by atoms with van der Waals surface area (Å²) in [4.78, 5) is 0. The Labute approximate surface area is 186 Å². The van der Waals surface area contributed by atoms with Crippen LogP contribution in [0.4, 0.5) is 0 Å². The monoisotopic (exact) mass is 411 g/mol. The lowest BCUT2D eigenvalue weighted by atomic mass is 10.0. The van der Waals surface area contributed by atoms with Gasteiger partial charge in [0, 0.05) is 0 Å². The minimum atomic E-state index is 0.885. The molecule has 2 aromatic rings. The molecule has 0 N–H and O–H groups in total. The summed E-state index contributed by atoms with van der Waals surface area (Å²) in [5.74, 6) is 0.885. The van der Waals surface area contributed by atoms with E-state index in [4.69, 9.17) is 0 Å². The molecule has 0 radical (unpaired) electrons. The number of rotatable bonds is 18. The Morgan fingerprint density at radius 3 is 1.80 bits per heavy atom. The predicted molar refractivity (Wildman–Crippen MR) is 130 cm³/mol. The zero-order valence-electron chi connectivity index (χ0n) is 19.9. The number of unbranched alkanes of at least 4 members (excludes halogenated alkanes) is 12. The summed E-state index contributed by atoms with van der Waals surface area (Å²) < 4.78 is 4.62. The Morgan fingerprint density at radius 2 is 1.23 bits per heavy atom. The quantitative estimate of drug-likeness (QED) is 0.174. The summed E-state index contributed by atoms with van der Waals surface area (Å²) in [6, 6.07) is 10.7. The highest BCUT2D eigenvalue weighted by Gasteiger charge is 2.04. The van der Waals surface area contributed by atoms with Gasteiger partial charge in [-0.1, -0.05) is 121 Å². The van der Waals surface area contributed by atoms with E-state index in [1.165, 1.54) is 95.5 Å². The molecule has 2 nitrogen and oxygen atoms in total. The first-order valence-electron chi connectivity index (χ1n) is 12.8. The molecule has 0 saturated heterocycles. The molecule has 30 heavy (non-hydrogen) atoms. The van der Waals surface area contributed by atoms with Gasteiger partial charge in [0.1, 0.15) is 18.9 Å². The number of aryl methyl sites for hydroxylation is 1. The fourth-order valence-electron chi connectivity index (χ4n) is 4.25. The van der Waals surface area contributed by atoms with Gasteiger partial charge in [-0.25, -0.2) is 9.13 Å². The van der Waals surface area contributed by atoms with Gasteiger partial charge in [0.25, 0.3) is 0 Å². The maximum Gasteiger partial charge on any atom is 0.244 e. The fourth-order valence-corrected chi connectivity index (χ4v) is 4.25. The van der Waals surface area contributed by atoms with Gasteiger partial charge in [0.15, 0.2) is 0 Å². The van der Waals surface area contributed by atoms with Gasteiger partial charge in [0.05, 0.1) is 6.54 Å². The summed E-state index contributed by atoms with van der Waals surface area (Å²) in [7, 11) is 0. The maximum atomic E-state index is 2.34. The molecule has 2 rings (SSSR count). The van der Waals surface area contributed by atoms with E-state index in [0.29, 0.717) is 0 Å². The molecular weight excluding hydrogens is 364 g/mol. The molecule has 2 heteroatoms. The van der Waals surface area contributed by atoms with E-state index >= 15 is 0 Å². The van der Waals surface area contributed by atoms with Crippen molar-refractivity contribution in [1.29, 1.82) is 0 Å². The lowest BCUT2D eigenvalue weighted by Crippen LogP contribution is -2.31. The predicted octanol–water partition coefficient (Wildman–Crippen LogP) is 7.94. The van der Waals surface area contributed by atoms with Gasteiger partial charge in [-0.2, -0.15) is 0 Å². The number of nitrogens with zero attached hydrogens (tertiary/aromatic N) is 2. The highest BCUT2D eigenvalue weighted by atomic mass is 15.1. The molecule has 0 aliphatic carbocycles. The average molecular weight is 412 g/mol. The van der Waals surface area contributed by atoms with Gasteiger partial charge in [-0.15, -0.1) is 0 Å². The highest BCUT2D eigenvalue weighted by molar-refractivity contribution is 5.13. The molecule has 0 bridgehead atoms. The lowest BCUT2D eigenvalue weighted by Gasteiger charge is -2.05. The van der Waals surface area contributed by atoms with E-state index in [-0.39, 0.29) is 0 Å². The van der Waals surface area contributed by atoms with Crippen molar-refractivity contribution in [3.63, 3.8) is 0 Å². The third-order valence-corrected chi connectivity index (χ3v) is 6.15. The Balaban J connectivity index is 1.35. The smallest absolute Gasteiger partial charge is 0.237 e. The molecule has 168 valence electrons. The first kappa shape index (κ1) is 24.7. The fraction of sp³-hybridized carbons (Fsp3) is 0.679. The van der Waals surface area contributed by atoms with Crippen molar-refractivity contribution >= 4 is 0 Å². The summed E-state index contributed by atoms with van der Waals surface area (Å²) in [6.07, 6.45) is 26.6. The van der Waals surface area contributed by atoms with Crippen molar-refractivity contribution < 1.29 is 4.57 Å². The summed E-state index contributed by atoms with van der Waals surface area (Å²) in [5, 5.41) is 0. The topological polar surface area (TPSA) is 8.81 Å². The van der Waals surface area contributed by atoms with Crippen LogP contribution in [0.15, 0.2) is 49.1 Å². The van der Waals surface area contributed by atoms with Crippen molar-refractivity contribution in [3.8, 4) is 0 Å². The average Bonchev–Trinajstić information content (AvgIpc) is 3.18. The van der Waals surface area contributed by atoms with Gasteiger partial charge in [-0.3, -0.25) is 0 Å². The molecule has 0 aliphatic rings. The molecule has 0 amide bonds. The largest absolute Gasteiger partial charge is 0.244 e. The molecule has 0 fully saturated rings. The van der Waals surface area contributed by atoms with Crippen LogP contribution in [0.5, 0.6) is 0 Å². The minimum Gasteiger partial charge on any atom is -0.237 e. The molecular formula is C28H47N2+. The zero-order valence-corrected chi connectivity index (χ0v) is 19.9. The summed E-state index contributed by atoms with van der Waals surface area (Å²) in [5.41, 5.74) is 1.36. The first-order chi connectivity index (χ1) is 14.7. The Bertz CT molecular complexity index is 629. The van der Waals surface area contributed by atoms with E-state index < -0.39 is 0 Å². The molecule has 1 heterocycles. The van der Waals surface area contributed by atoms with Crippen molar-refractivity contribution in [2.24, 2.45) is 5.92 Å². The Kier molecular flexibility index (Phi) is 13.3. The molecule has 1 aromatic heterocycles. The minimum absolute atomic E-state index is 0.885. The van der Waals surface area contributed by atoms with Crippen LogP contribution in [0.1, 0.15) is 109 Å². The van der Waals surface area contributed by atoms with Gasteiger partial charge < -0.3 is 0 Å². The highest BCUT2D eigenvalue weighted by Crippen LogP contribution is 2.14. The van der Waals surface area contributed by atoms with Crippen molar-refractivity contribution in [3.05, 3.63) is 54.6 Å². The molecule has 0 aliphatic heterocycles. The SMILES string of the molecule is CC(C)CCCCCCCCCCCCCCCn1cc[n+](Cc2ccccc2)c1. The van der Waals surface area contributed by atoms with Crippen LogP contribution in [0.25, 0.3) is 0 Å². The maximum absolute atomic E-state index is 2.34. The third kappa shape index (κ3) is 12.2. The first-order valence-corrected chi connectivity index (χ1v) is 12.8. The van der Waals surface area contributed by atoms with Crippen LogP contribution < -0.4 is 4.57 Å². The van der Waals surface area contributed by atoms with Crippen LogP contribution in [0.3, 0.4) is 0 Å².